The maximum atomic E-state index is 7.18. The van der Waals surface area contributed by atoms with Gasteiger partial charge in [0.2, 0.25) is 0 Å². The highest BCUT2D eigenvalue weighted by atomic mass is 16.5. The van der Waals surface area contributed by atoms with Crippen molar-refractivity contribution in [2.45, 2.75) is 71.0 Å². The Hall–Kier alpha value is -3.04. The summed E-state index contributed by atoms with van der Waals surface area (Å²) in [7, 11) is 1.78. The van der Waals surface area contributed by atoms with Crippen molar-refractivity contribution in [3.05, 3.63) is 99.8 Å². The van der Waals surface area contributed by atoms with Crippen LogP contribution >= 0.6 is 0 Å². The molecule has 0 amide bonds. The Kier molecular flexibility index (Phi) is 7.66. The number of hydrogen-bond acceptors (Lipinski definition) is 3. The van der Waals surface area contributed by atoms with Crippen LogP contribution in [0.3, 0.4) is 0 Å². The van der Waals surface area contributed by atoms with Gasteiger partial charge < -0.3 is 15.2 Å². The normalized spacial score (nSPS) is 24.1. The Morgan fingerprint density at radius 1 is 1.14 bits per heavy atom. The van der Waals surface area contributed by atoms with E-state index in [1.54, 1.807) is 7.11 Å². The van der Waals surface area contributed by atoms with E-state index in [0.29, 0.717) is 0 Å². The second-order valence-corrected chi connectivity index (χ2v) is 9.31. The van der Waals surface area contributed by atoms with Gasteiger partial charge in [-0.25, -0.2) is 0 Å². The molecule has 0 radical (unpaired) electrons. The molecule has 4 aliphatic rings. The van der Waals surface area contributed by atoms with Crippen LogP contribution in [0.5, 0.6) is 5.75 Å². The molecule has 0 bridgehead atoms. The number of rotatable bonds is 5. The lowest BCUT2D eigenvalue weighted by molar-refractivity contribution is 0.137. The first kappa shape index (κ1) is 25.1. The molecule has 1 aromatic rings. The summed E-state index contributed by atoms with van der Waals surface area (Å²) in [6.45, 7) is 10.2. The molecule has 2 N–H and O–H groups in total. The molecule has 2 atom stereocenters. The maximum Gasteiger partial charge on any atom is 0.174 e. The monoisotopic (exact) mass is 469 g/mol. The number of ether oxygens (including phenoxy) is 2. The molecule has 1 heterocycles. The van der Waals surface area contributed by atoms with Crippen molar-refractivity contribution in [2.24, 2.45) is 5.73 Å². The van der Waals surface area contributed by atoms with E-state index < -0.39 is 5.60 Å². The van der Waals surface area contributed by atoms with Crippen LogP contribution in [0.1, 0.15) is 67.3 Å². The van der Waals surface area contributed by atoms with Gasteiger partial charge in [0, 0.05) is 30.4 Å². The van der Waals surface area contributed by atoms with Crippen LogP contribution in [0, 0.1) is 6.92 Å². The van der Waals surface area contributed by atoms with E-state index in [1.165, 1.54) is 39.0 Å². The molecule has 184 valence electrons. The summed E-state index contributed by atoms with van der Waals surface area (Å²) in [6.07, 6.45) is 27.5. The van der Waals surface area contributed by atoms with Crippen molar-refractivity contribution in [1.82, 2.24) is 0 Å². The largest absolute Gasteiger partial charge is 0.473 e. The van der Waals surface area contributed by atoms with Crippen LogP contribution < -0.4 is 10.5 Å². The molecule has 5 rings (SSSR count). The topological polar surface area (TPSA) is 44.5 Å². The second-order valence-electron chi connectivity index (χ2n) is 9.31. The molecule has 3 aliphatic carbocycles. The third-order valence-electron chi connectivity index (χ3n) is 7.39. The average molecular weight is 470 g/mol. The minimum Gasteiger partial charge on any atom is -0.473 e. The van der Waals surface area contributed by atoms with E-state index in [2.05, 4.69) is 62.1 Å². The first-order valence-electron chi connectivity index (χ1n) is 13.0. The lowest BCUT2D eigenvalue weighted by Gasteiger charge is -2.42. The highest BCUT2D eigenvalue weighted by Crippen LogP contribution is 2.48. The van der Waals surface area contributed by atoms with Gasteiger partial charge in [-0.3, -0.25) is 0 Å². The maximum absolute atomic E-state index is 7.18. The van der Waals surface area contributed by atoms with E-state index in [-0.39, 0.29) is 6.10 Å². The van der Waals surface area contributed by atoms with E-state index in [1.807, 2.05) is 26.0 Å². The standard InChI is InChI=1S/C30H33NO2.C2H6/c1-4-8-25-20(2)26-17-18-30(21-9-6-5-7-10-21,22-11-13-23(31)14-12-22)33-29(26)28-19-24(32-3)15-16-27(25)28;1-2/h4,6,9-11,13,15-18,24H,1,5,7-8,12,14,19,31H2,2-3H3;1-2H3. The lowest BCUT2D eigenvalue weighted by Crippen LogP contribution is -2.41. The number of methoxy groups -OCH3 is 1. The number of nitrogens with two attached hydrogens (primary N) is 1. The fourth-order valence-corrected chi connectivity index (χ4v) is 5.53. The van der Waals surface area contributed by atoms with E-state index in [4.69, 9.17) is 15.2 Å². The first-order chi connectivity index (χ1) is 17.1. The summed E-state index contributed by atoms with van der Waals surface area (Å²) in [6, 6.07) is 0. The molecule has 0 saturated carbocycles. The average Bonchev–Trinajstić information content (AvgIpc) is 2.92. The number of allylic oxidation sites excluding steroid dienone is 6. The Morgan fingerprint density at radius 2 is 1.97 bits per heavy atom. The van der Waals surface area contributed by atoms with Crippen molar-refractivity contribution < 1.29 is 9.47 Å². The van der Waals surface area contributed by atoms with E-state index >= 15 is 0 Å². The molecule has 0 spiro atoms. The third-order valence-corrected chi connectivity index (χ3v) is 7.39. The summed E-state index contributed by atoms with van der Waals surface area (Å²) in [5.74, 6) is 0.993. The van der Waals surface area contributed by atoms with Gasteiger partial charge in [-0.1, -0.05) is 62.5 Å². The molecule has 0 fully saturated rings. The van der Waals surface area contributed by atoms with Crippen LogP contribution in [0.15, 0.2) is 72.0 Å². The second kappa shape index (κ2) is 10.7. The molecular formula is C32H39NO2. The zero-order valence-electron chi connectivity index (χ0n) is 21.7. The summed E-state index contributed by atoms with van der Waals surface area (Å²) in [4.78, 5) is 0. The SMILES string of the molecule is C=CCc1c(C)c2c(c3c1C=CC(OC)C3)OC(C1=CCCC=C1)(C1=CC=C(N)CC1)C=C2.CC. The van der Waals surface area contributed by atoms with Gasteiger partial charge in [0.1, 0.15) is 5.75 Å². The zero-order chi connectivity index (χ0) is 25.0. The van der Waals surface area contributed by atoms with Crippen LogP contribution in [0.2, 0.25) is 0 Å². The molecule has 3 heteroatoms. The van der Waals surface area contributed by atoms with E-state index in [9.17, 15) is 0 Å². The minimum absolute atomic E-state index is 0.0511. The highest BCUT2D eigenvalue weighted by Gasteiger charge is 2.42. The van der Waals surface area contributed by atoms with Gasteiger partial charge >= 0.3 is 0 Å². The van der Waals surface area contributed by atoms with Gasteiger partial charge in [-0.05, 0) is 79.0 Å². The molecule has 0 saturated heterocycles. The van der Waals surface area contributed by atoms with E-state index in [0.717, 1.165) is 50.0 Å². The predicted octanol–water partition coefficient (Wildman–Crippen LogP) is 7.32. The quantitative estimate of drug-likeness (QED) is 0.460. The van der Waals surface area contributed by atoms with Gasteiger partial charge in [0.25, 0.3) is 0 Å². The molecule has 2 unspecified atom stereocenters. The minimum atomic E-state index is -0.606. The van der Waals surface area contributed by atoms with Crippen LogP contribution in [-0.4, -0.2) is 18.8 Å². The third kappa shape index (κ3) is 4.50. The zero-order valence-corrected chi connectivity index (χ0v) is 21.7. The summed E-state index contributed by atoms with van der Waals surface area (Å²) in [5, 5.41) is 0. The molecule has 3 nitrogen and oxygen atoms in total. The van der Waals surface area contributed by atoms with Gasteiger partial charge in [-0.2, -0.15) is 0 Å². The van der Waals surface area contributed by atoms with Gasteiger partial charge in [0.15, 0.2) is 5.60 Å². The Morgan fingerprint density at radius 3 is 2.63 bits per heavy atom. The Balaban J connectivity index is 0.00000141. The smallest absolute Gasteiger partial charge is 0.174 e. The van der Waals surface area contributed by atoms with Gasteiger partial charge in [-0.15, -0.1) is 6.58 Å². The molecule has 0 aromatic heterocycles. The Labute approximate surface area is 211 Å². The van der Waals surface area contributed by atoms with Crippen molar-refractivity contribution in [1.29, 1.82) is 0 Å². The summed E-state index contributed by atoms with van der Waals surface area (Å²) >= 11 is 0. The van der Waals surface area contributed by atoms with Crippen LogP contribution in [-0.2, 0) is 17.6 Å². The molecule has 1 aliphatic heterocycles. The van der Waals surface area contributed by atoms with Crippen LogP contribution in [0.4, 0.5) is 0 Å². The summed E-state index contributed by atoms with van der Waals surface area (Å²) < 4.78 is 12.9. The fraction of sp³-hybridized carbons (Fsp3) is 0.375. The highest BCUT2D eigenvalue weighted by molar-refractivity contribution is 5.78. The number of fused-ring (bicyclic) bond motifs is 3. The number of benzene rings is 1. The fourth-order valence-electron chi connectivity index (χ4n) is 5.53. The first-order valence-corrected chi connectivity index (χ1v) is 13.0. The Bertz CT molecular complexity index is 1170. The lowest BCUT2D eigenvalue weighted by atomic mass is 9.76. The molecule has 35 heavy (non-hydrogen) atoms. The number of hydrogen-bond donors (Lipinski definition) is 1. The van der Waals surface area contributed by atoms with Crippen molar-refractivity contribution in [3.63, 3.8) is 0 Å². The van der Waals surface area contributed by atoms with Crippen LogP contribution in [0.25, 0.3) is 12.2 Å². The molecule has 1 aromatic carbocycles. The van der Waals surface area contributed by atoms with Crippen molar-refractivity contribution in [2.75, 3.05) is 7.11 Å². The van der Waals surface area contributed by atoms with Crippen molar-refractivity contribution >= 4 is 12.2 Å². The van der Waals surface area contributed by atoms with Crippen molar-refractivity contribution in [3.8, 4) is 5.75 Å². The van der Waals surface area contributed by atoms with Gasteiger partial charge in [0.05, 0.1) is 6.10 Å². The predicted molar refractivity (Wildman–Crippen MR) is 148 cm³/mol. The summed E-state index contributed by atoms with van der Waals surface area (Å²) in [5.41, 5.74) is 15.2. The molecular weight excluding hydrogens is 430 g/mol.